The maximum absolute atomic E-state index is 13.7. The van der Waals surface area contributed by atoms with Crippen molar-refractivity contribution in [2.24, 2.45) is 11.1 Å². The van der Waals surface area contributed by atoms with E-state index in [0.717, 1.165) is 12.5 Å². The monoisotopic (exact) mass is 304 g/mol. The van der Waals surface area contributed by atoms with Crippen LogP contribution in [0.25, 0.3) is 0 Å². The highest BCUT2D eigenvalue weighted by molar-refractivity contribution is 5.95. The van der Waals surface area contributed by atoms with Crippen molar-refractivity contribution in [3.63, 3.8) is 0 Å². The molecule has 1 aromatic carbocycles. The number of hydrogen-bond acceptors (Lipinski definition) is 2. The first-order valence-corrected chi connectivity index (χ1v) is 6.31. The molecule has 3 nitrogen and oxygen atoms in total. The fourth-order valence-corrected chi connectivity index (χ4v) is 2.36. The molecule has 1 aliphatic heterocycles. The molecule has 1 atom stereocenters. The topological polar surface area (TPSA) is 46.3 Å². The third kappa shape index (κ3) is 3.10. The van der Waals surface area contributed by atoms with Crippen molar-refractivity contribution in [3.8, 4) is 0 Å². The predicted octanol–water partition coefficient (Wildman–Crippen LogP) is 2.51. The Hall–Kier alpha value is -1.20. The number of rotatable bonds is 2. The molecule has 1 fully saturated rings. The third-order valence-corrected chi connectivity index (χ3v) is 3.82. The van der Waals surface area contributed by atoms with Crippen molar-refractivity contribution in [2.75, 3.05) is 19.6 Å². The molecular formula is C14H19ClF2N2O. The summed E-state index contributed by atoms with van der Waals surface area (Å²) >= 11 is 0. The van der Waals surface area contributed by atoms with Crippen LogP contribution in [-0.2, 0) is 0 Å². The fraction of sp³-hybridized carbons (Fsp3) is 0.500. The van der Waals surface area contributed by atoms with Gasteiger partial charge in [-0.05, 0) is 36.9 Å². The van der Waals surface area contributed by atoms with E-state index in [2.05, 4.69) is 0 Å². The molecule has 6 heteroatoms. The Morgan fingerprint density at radius 3 is 2.60 bits per heavy atom. The summed E-state index contributed by atoms with van der Waals surface area (Å²) in [5.74, 6) is -1.84. The number of hydrogen-bond donors (Lipinski definition) is 1. The van der Waals surface area contributed by atoms with E-state index in [0.29, 0.717) is 19.6 Å². The number of carbonyl (C=O) groups is 1. The standard InChI is InChI=1S/C14H18F2N2O.ClH/c1-9-5-10(12(16)6-11(9)15)13(19)18-4-3-14(2,7-17)8-18;/h5-6H,3-4,7-8,17H2,1-2H3;1H. The molecule has 1 heterocycles. The van der Waals surface area contributed by atoms with Crippen molar-refractivity contribution in [1.82, 2.24) is 4.90 Å². The highest BCUT2D eigenvalue weighted by Gasteiger charge is 2.35. The van der Waals surface area contributed by atoms with Gasteiger partial charge >= 0.3 is 0 Å². The van der Waals surface area contributed by atoms with Gasteiger partial charge in [0, 0.05) is 19.2 Å². The summed E-state index contributed by atoms with van der Waals surface area (Å²) in [6.45, 7) is 5.08. The average molecular weight is 305 g/mol. The van der Waals surface area contributed by atoms with E-state index in [-0.39, 0.29) is 28.9 Å². The van der Waals surface area contributed by atoms with Gasteiger partial charge in [-0.15, -0.1) is 12.4 Å². The summed E-state index contributed by atoms with van der Waals surface area (Å²) in [6.07, 6.45) is 0.803. The molecule has 1 saturated heterocycles. The summed E-state index contributed by atoms with van der Waals surface area (Å²) in [5.41, 5.74) is 5.77. The molecule has 112 valence electrons. The van der Waals surface area contributed by atoms with Gasteiger partial charge in [0.1, 0.15) is 11.6 Å². The lowest BCUT2D eigenvalue weighted by molar-refractivity contribution is 0.0772. The number of aryl methyl sites for hydroxylation is 1. The lowest BCUT2D eigenvalue weighted by Gasteiger charge is -2.22. The highest BCUT2D eigenvalue weighted by Crippen LogP contribution is 2.30. The molecule has 2 rings (SSSR count). The van der Waals surface area contributed by atoms with Crippen LogP contribution in [0.15, 0.2) is 12.1 Å². The van der Waals surface area contributed by atoms with Gasteiger partial charge in [-0.1, -0.05) is 6.92 Å². The highest BCUT2D eigenvalue weighted by atomic mass is 35.5. The van der Waals surface area contributed by atoms with E-state index in [1.54, 1.807) is 4.90 Å². The molecule has 0 spiro atoms. The van der Waals surface area contributed by atoms with Gasteiger partial charge in [0.05, 0.1) is 5.56 Å². The zero-order valence-electron chi connectivity index (χ0n) is 11.6. The zero-order valence-corrected chi connectivity index (χ0v) is 12.4. The Morgan fingerprint density at radius 2 is 2.05 bits per heavy atom. The van der Waals surface area contributed by atoms with Crippen LogP contribution in [0.2, 0.25) is 0 Å². The van der Waals surface area contributed by atoms with Gasteiger partial charge in [0.2, 0.25) is 0 Å². The smallest absolute Gasteiger partial charge is 0.256 e. The minimum absolute atomic E-state index is 0. The molecule has 0 aliphatic carbocycles. The van der Waals surface area contributed by atoms with E-state index in [1.807, 2.05) is 6.92 Å². The molecule has 1 unspecified atom stereocenters. The number of nitrogens with zero attached hydrogens (tertiary/aromatic N) is 1. The first kappa shape index (κ1) is 16.9. The van der Waals surface area contributed by atoms with E-state index in [9.17, 15) is 13.6 Å². The minimum atomic E-state index is -0.811. The van der Waals surface area contributed by atoms with Crippen LogP contribution in [0, 0.1) is 24.0 Å². The Morgan fingerprint density at radius 1 is 1.40 bits per heavy atom. The van der Waals surface area contributed by atoms with E-state index in [1.165, 1.54) is 13.0 Å². The molecule has 1 aliphatic rings. The molecule has 2 N–H and O–H groups in total. The number of carbonyl (C=O) groups excluding carboxylic acids is 1. The molecule has 0 bridgehead atoms. The first-order valence-electron chi connectivity index (χ1n) is 6.31. The number of nitrogens with two attached hydrogens (primary N) is 1. The summed E-state index contributed by atoms with van der Waals surface area (Å²) in [5, 5.41) is 0. The number of likely N-dealkylation sites (tertiary alicyclic amines) is 1. The third-order valence-electron chi connectivity index (χ3n) is 3.82. The van der Waals surface area contributed by atoms with Gasteiger partial charge in [-0.2, -0.15) is 0 Å². The molecule has 1 amide bonds. The summed E-state index contributed by atoms with van der Waals surface area (Å²) in [4.78, 5) is 13.8. The molecular weight excluding hydrogens is 286 g/mol. The molecule has 0 radical (unpaired) electrons. The van der Waals surface area contributed by atoms with Gasteiger partial charge in [0.15, 0.2) is 0 Å². The van der Waals surface area contributed by atoms with Gasteiger partial charge in [-0.3, -0.25) is 4.79 Å². The van der Waals surface area contributed by atoms with Gasteiger partial charge in [-0.25, -0.2) is 8.78 Å². The van der Waals surface area contributed by atoms with Crippen LogP contribution in [0.1, 0.15) is 29.3 Å². The minimum Gasteiger partial charge on any atom is -0.338 e. The lowest BCUT2D eigenvalue weighted by atomic mass is 9.90. The van der Waals surface area contributed by atoms with Crippen LogP contribution in [0.4, 0.5) is 8.78 Å². The van der Waals surface area contributed by atoms with E-state index in [4.69, 9.17) is 5.73 Å². The second-order valence-electron chi connectivity index (χ2n) is 5.57. The quantitative estimate of drug-likeness (QED) is 0.912. The second kappa shape index (κ2) is 6.06. The normalized spacial score (nSPS) is 21.8. The maximum Gasteiger partial charge on any atom is 0.256 e. The first-order chi connectivity index (χ1) is 8.86. The number of benzene rings is 1. The summed E-state index contributed by atoms with van der Waals surface area (Å²) < 4.78 is 26.9. The molecule has 1 aromatic rings. The van der Waals surface area contributed by atoms with Crippen LogP contribution < -0.4 is 5.73 Å². The van der Waals surface area contributed by atoms with Gasteiger partial charge in [0.25, 0.3) is 5.91 Å². The Kier molecular flexibility index (Phi) is 5.10. The van der Waals surface area contributed by atoms with Crippen LogP contribution in [0.5, 0.6) is 0 Å². The second-order valence-corrected chi connectivity index (χ2v) is 5.57. The number of halogens is 3. The van der Waals surface area contributed by atoms with E-state index < -0.39 is 17.5 Å². The fourth-order valence-electron chi connectivity index (χ4n) is 2.36. The lowest BCUT2D eigenvalue weighted by Crippen LogP contribution is -2.34. The molecule has 0 aromatic heterocycles. The molecule has 0 saturated carbocycles. The van der Waals surface area contributed by atoms with Crippen LogP contribution >= 0.6 is 12.4 Å². The van der Waals surface area contributed by atoms with Crippen LogP contribution in [0.3, 0.4) is 0 Å². The van der Waals surface area contributed by atoms with Gasteiger partial charge < -0.3 is 10.6 Å². The van der Waals surface area contributed by atoms with Crippen molar-refractivity contribution in [2.45, 2.75) is 20.3 Å². The number of amides is 1. The van der Waals surface area contributed by atoms with E-state index >= 15 is 0 Å². The Balaban J connectivity index is 0.00000200. The van der Waals surface area contributed by atoms with Crippen molar-refractivity contribution in [1.29, 1.82) is 0 Å². The SMILES string of the molecule is Cc1cc(C(=O)N2CCC(C)(CN)C2)c(F)cc1F.Cl. The maximum atomic E-state index is 13.7. The van der Waals surface area contributed by atoms with Crippen LogP contribution in [-0.4, -0.2) is 30.4 Å². The summed E-state index contributed by atoms with van der Waals surface area (Å²) in [7, 11) is 0. The summed E-state index contributed by atoms with van der Waals surface area (Å²) in [6, 6.07) is 2.03. The van der Waals surface area contributed by atoms with Crippen molar-refractivity contribution >= 4 is 18.3 Å². The predicted molar refractivity (Wildman–Crippen MR) is 76.0 cm³/mol. The average Bonchev–Trinajstić information content (AvgIpc) is 2.77. The zero-order chi connectivity index (χ0) is 14.2. The largest absolute Gasteiger partial charge is 0.338 e. The molecule has 20 heavy (non-hydrogen) atoms. The Bertz CT molecular complexity index is 524. The van der Waals surface area contributed by atoms with Crippen molar-refractivity contribution in [3.05, 3.63) is 34.9 Å². The van der Waals surface area contributed by atoms with Crippen molar-refractivity contribution < 1.29 is 13.6 Å². The Labute approximate surface area is 123 Å².